The molecule has 3 heterocycles. The molecule has 8 heteroatoms. The number of thiazole rings is 1. The van der Waals surface area contributed by atoms with E-state index in [-0.39, 0.29) is 5.91 Å². The molecule has 28 heavy (non-hydrogen) atoms. The number of primary amides is 1. The van der Waals surface area contributed by atoms with E-state index in [1.807, 2.05) is 6.20 Å². The van der Waals surface area contributed by atoms with Gasteiger partial charge in [0.05, 0.1) is 4.88 Å². The Hall–Kier alpha value is -1.61. The van der Waals surface area contributed by atoms with Crippen molar-refractivity contribution in [1.82, 2.24) is 9.29 Å². The maximum absolute atomic E-state index is 12.1. The fourth-order valence-electron chi connectivity index (χ4n) is 3.64. The number of rotatable bonds is 5. The monoisotopic (exact) mass is 418 g/mol. The second-order valence-electron chi connectivity index (χ2n) is 7.35. The summed E-state index contributed by atoms with van der Waals surface area (Å²) in [6.45, 7) is 6.91. The molecule has 2 N–H and O–H groups in total. The number of aryl methyl sites for hydroxylation is 1. The van der Waals surface area contributed by atoms with Gasteiger partial charge in [0.25, 0.3) is 0 Å². The van der Waals surface area contributed by atoms with Crippen LogP contribution < -0.4 is 10.6 Å². The van der Waals surface area contributed by atoms with Gasteiger partial charge >= 0.3 is 0 Å². The van der Waals surface area contributed by atoms with E-state index in [9.17, 15) is 4.79 Å². The Morgan fingerprint density at radius 2 is 2.00 bits per heavy atom. The molecule has 0 bridgehead atoms. The van der Waals surface area contributed by atoms with Crippen LogP contribution in [0.2, 0.25) is 0 Å². The number of nitrogens with zero attached hydrogens (tertiary/aromatic N) is 3. The molecule has 1 amide bonds. The van der Waals surface area contributed by atoms with Crippen LogP contribution in [0.3, 0.4) is 0 Å². The van der Waals surface area contributed by atoms with Crippen molar-refractivity contribution in [2.45, 2.75) is 24.5 Å². The molecular weight excluding hydrogens is 392 g/mol. The van der Waals surface area contributed by atoms with Gasteiger partial charge in [0.15, 0.2) is 5.13 Å². The fourth-order valence-corrected chi connectivity index (χ4v) is 5.89. The zero-order chi connectivity index (χ0) is 19.6. The van der Waals surface area contributed by atoms with E-state index < -0.39 is 4.75 Å². The van der Waals surface area contributed by atoms with Crippen LogP contribution in [0.4, 0.5) is 5.13 Å². The van der Waals surface area contributed by atoms with Crippen LogP contribution in [0.25, 0.3) is 10.4 Å². The lowest BCUT2D eigenvalue weighted by atomic mass is 9.98. The predicted octanol–water partition coefficient (Wildman–Crippen LogP) is 2.92. The summed E-state index contributed by atoms with van der Waals surface area (Å²) in [5.41, 5.74) is 8.23. The van der Waals surface area contributed by atoms with Gasteiger partial charge in [-0.3, -0.25) is 4.79 Å². The summed E-state index contributed by atoms with van der Waals surface area (Å²) in [4.78, 5) is 20.3. The van der Waals surface area contributed by atoms with E-state index in [4.69, 9.17) is 10.5 Å². The molecule has 1 aromatic heterocycles. The summed E-state index contributed by atoms with van der Waals surface area (Å²) in [6, 6.07) is 8.53. The molecule has 6 nitrogen and oxygen atoms in total. The van der Waals surface area contributed by atoms with Crippen molar-refractivity contribution in [2.24, 2.45) is 5.73 Å². The minimum atomic E-state index is -0.514. The number of hydrogen-bond acceptors (Lipinski definition) is 7. The van der Waals surface area contributed by atoms with Crippen molar-refractivity contribution < 1.29 is 9.53 Å². The van der Waals surface area contributed by atoms with Crippen molar-refractivity contribution in [3.63, 3.8) is 0 Å². The first-order valence-electron chi connectivity index (χ1n) is 9.65. The Morgan fingerprint density at radius 3 is 2.68 bits per heavy atom. The quantitative estimate of drug-likeness (QED) is 0.753. The van der Waals surface area contributed by atoms with Gasteiger partial charge in [-0.05, 0) is 25.3 Å². The summed E-state index contributed by atoms with van der Waals surface area (Å²) in [5, 5.41) is 1.07. The van der Waals surface area contributed by atoms with Gasteiger partial charge < -0.3 is 15.4 Å². The number of piperazine rings is 1. The molecule has 4 rings (SSSR count). The third-order valence-corrected chi connectivity index (χ3v) is 8.05. The van der Waals surface area contributed by atoms with Crippen molar-refractivity contribution >= 4 is 34.3 Å². The van der Waals surface area contributed by atoms with Gasteiger partial charge in [-0.15, -0.1) is 0 Å². The van der Waals surface area contributed by atoms with E-state index in [2.05, 4.69) is 45.4 Å². The summed E-state index contributed by atoms with van der Waals surface area (Å²) in [7, 11) is 0. The molecule has 0 radical (unpaired) electrons. The molecular formula is C20H26N4O2S2. The van der Waals surface area contributed by atoms with Crippen LogP contribution >= 0.6 is 23.3 Å². The van der Waals surface area contributed by atoms with Gasteiger partial charge in [-0.2, -0.15) is 0 Å². The maximum Gasteiger partial charge on any atom is 0.235 e. The van der Waals surface area contributed by atoms with Crippen molar-refractivity contribution in [1.29, 1.82) is 0 Å². The molecule has 1 aromatic carbocycles. The van der Waals surface area contributed by atoms with Crippen molar-refractivity contribution in [2.75, 3.05) is 44.3 Å². The van der Waals surface area contributed by atoms with Crippen LogP contribution in [0, 0.1) is 6.92 Å². The minimum absolute atomic E-state index is 0.217. The summed E-state index contributed by atoms with van der Waals surface area (Å²) >= 11 is 3.37. The molecule has 0 saturated carbocycles. The molecule has 150 valence electrons. The first-order chi connectivity index (χ1) is 13.6. The fraction of sp³-hybridized carbons (Fsp3) is 0.500. The second-order valence-corrected chi connectivity index (χ2v) is 9.84. The summed E-state index contributed by atoms with van der Waals surface area (Å²) in [5.74, 6) is -0.217. The van der Waals surface area contributed by atoms with Crippen LogP contribution in [-0.2, 0) is 9.53 Å². The number of benzene rings is 1. The number of carbonyl (C=O) groups is 1. The molecule has 0 aliphatic carbocycles. The van der Waals surface area contributed by atoms with E-state index in [1.54, 1.807) is 23.3 Å². The maximum atomic E-state index is 12.1. The Balaban J connectivity index is 1.37. The number of aromatic nitrogens is 1. The minimum Gasteiger partial charge on any atom is -0.381 e. The average molecular weight is 419 g/mol. The summed E-state index contributed by atoms with van der Waals surface area (Å²) < 4.78 is 7.21. The third kappa shape index (κ3) is 4.20. The van der Waals surface area contributed by atoms with E-state index >= 15 is 0 Å². The van der Waals surface area contributed by atoms with Gasteiger partial charge in [0.1, 0.15) is 4.75 Å². The van der Waals surface area contributed by atoms with Gasteiger partial charge in [0, 0.05) is 45.6 Å². The largest absolute Gasteiger partial charge is 0.381 e. The molecule has 2 aromatic rings. The molecule has 0 unspecified atom stereocenters. The second kappa shape index (κ2) is 8.41. The molecule has 2 aliphatic rings. The van der Waals surface area contributed by atoms with E-state index in [0.29, 0.717) is 26.1 Å². The Labute approximate surface area is 174 Å². The Kier molecular flexibility index (Phi) is 5.91. The predicted molar refractivity (Wildman–Crippen MR) is 116 cm³/mol. The van der Waals surface area contributed by atoms with Crippen LogP contribution in [0.15, 0.2) is 30.5 Å². The Morgan fingerprint density at radius 1 is 1.25 bits per heavy atom. The molecule has 2 aliphatic heterocycles. The Bertz CT molecular complexity index is 827. The number of carbonyl (C=O) groups excluding carboxylic acids is 1. The van der Waals surface area contributed by atoms with Crippen LogP contribution in [0.1, 0.15) is 18.4 Å². The van der Waals surface area contributed by atoms with E-state index in [0.717, 1.165) is 31.3 Å². The normalized spacial score (nSPS) is 20.2. The lowest BCUT2D eigenvalue weighted by Crippen LogP contribution is -2.51. The smallest absolute Gasteiger partial charge is 0.235 e. The van der Waals surface area contributed by atoms with E-state index in [1.165, 1.54) is 16.0 Å². The average Bonchev–Trinajstić information content (AvgIpc) is 3.19. The van der Waals surface area contributed by atoms with Gasteiger partial charge in [0.2, 0.25) is 5.91 Å². The van der Waals surface area contributed by atoms with Crippen LogP contribution in [-0.4, -0.2) is 59.3 Å². The SMILES string of the molecule is Cc1cccc(-c2cnc(N3CCN(SC4(C(N)=O)CCOCC4)CC3)s2)c1. The molecule has 0 spiro atoms. The highest BCUT2D eigenvalue weighted by Gasteiger charge is 2.41. The number of ether oxygens (including phenoxy) is 1. The highest BCUT2D eigenvalue weighted by Crippen LogP contribution is 2.39. The molecule has 2 saturated heterocycles. The first kappa shape index (κ1) is 19.7. The highest BCUT2D eigenvalue weighted by molar-refractivity contribution is 7.99. The molecule has 0 atom stereocenters. The first-order valence-corrected chi connectivity index (χ1v) is 11.2. The number of hydrogen-bond donors (Lipinski definition) is 1. The number of nitrogens with two attached hydrogens (primary N) is 1. The zero-order valence-electron chi connectivity index (χ0n) is 16.1. The number of amides is 1. The third-order valence-electron chi connectivity index (χ3n) is 5.36. The standard InChI is InChI=1S/C20H26N4O2S2/c1-15-3-2-4-16(13-15)17-14-22-19(27-17)23-7-9-24(10-8-23)28-20(18(21)25)5-11-26-12-6-20/h2-4,13-14H,5-12H2,1H3,(H2,21,25). The van der Waals surface area contributed by atoms with Crippen molar-refractivity contribution in [3.8, 4) is 10.4 Å². The zero-order valence-corrected chi connectivity index (χ0v) is 17.7. The topological polar surface area (TPSA) is 71.7 Å². The van der Waals surface area contributed by atoms with Gasteiger partial charge in [-0.25, -0.2) is 9.29 Å². The van der Waals surface area contributed by atoms with Gasteiger partial charge in [-0.1, -0.05) is 53.1 Å². The number of anilines is 1. The lowest BCUT2D eigenvalue weighted by molar-refractivity contribution is -0.122. The van der Waals surface area contributed by atoms with Crippen LogP contribution in [0.5, 0.6) is 0 Å². The molecule has 2 fully saturated rings. The highest BCUT2D eigenvalue weighted by atomic mass is 32.2. The van der Waals surface area contributed by atoms with Crippen molar-refractivity contribution in [3.05, 3.63) is 36.0 Å². The summed E-state index contributed by atoms with van der Waals surface area (Å²) in [6.07, 6.45) is 3.36. The lowest BCUT2D eigenvalue weighted by Gasteiger charge is -2.40.